The molecule has 17 heavy (non-hydrogen) atoms. The van der Waals surface area contributed by atoms with Gasteiger partial charge in [-0.3, -0.25) is 0 Å². The van der Waals surface area contributed by atoms with Crippen molar-refractivity contribution in [1.29, 1.82) is 0 Å². The van der Waals surface area contributed by atoms with E-state index in [0.717, 1.165) is 0 Å². The number of benzene rings is 1. The lowest BCUT2D eigenvalue weighted by Gasteiger charge is -2.11. The van der Waals surface area contributed by atoms with Crippen molar-refractivity contribution in [2.45, 2.75) is 33.6 Å². The predicted molar refractivity (Wildman–Crippen MR) is 77.0 cm³/mol. The van der Waals surface area contributed by atoms with Crippen LogP contribution in [0.25, 0.3) is 5.69 Å². The molecule has 0 saturated heterocycles. The molecule has 0 unspecified atom stereocenters. The van der Waals surface area contributed by atoms with Crippen LogP contribution in [-0.4, -0.2) is 4.57 Å². The van der Waals surface area contributed by atoms with Gasteiger partial charge >= 0.3 is 0 Å². The molecule has 0 aliphatic carbocycles. The highest BCUT2D eigenvalue weighted by Gasteiger charge is 2.08. The first-order chi connectivity index (χ1) is 8.00. The second-order valence-corrected chi connectivity index (χ2v) is 5.66. The van der Waals surface area contributed by atoms with Gasteiger partial charge in [0.1, 0.15) is 0 Å². The Morgan fingerprint density at radius 2 is 1.65 bits per heavy atom. The zero-order valence-corrected chi connectivity index (χ0v) is 12.4. The SMILES string of the molecule is Cc1cc(Br)c(C)n1-c1ccc(C(C)C)cc1. The molecule has 0 spiro atoms. The third-order valence-corrected chi connectivity index (χ3v) is 3.99. The molecule has 0 aliphatic heterocycles. The molecule has 0 aliphatic rings. The Kier molecular flexibility index (Phi) is 3.43. The summed E-state index contributed by atoms with van der Waals surface area (Å²) in [4.78, 5) is 0. The molecule has 0 saturated carbocycles. The summed E-state index contributed by atoms with van der Waals surface area (Å²) in [6, 6.07) is 11.0. The molecule has 0 atom stereocenters. The van der Waals surface area contributed by atoms with Crippen LogP contribution in [0.5, 0.6) is 0 Å². The van der Waals surface area contributed by atoms with E-state index in [9.17, 15) is 0 Å². The highest BCUT2D eigenvalue weighted by molar-refractivity contribution is 9.10. The molecule has 0 fully saturated rings. The minimum Gasteiger partial charge on any atom is -0.317 e. The fourth-order valence-corrected chi connectivity index (χ4v) is 2.64. The first-order valence-electron chi connectivity index (χ1n) is 5.95. The Morgan fingerprint density at radius 1 is 1.06 bits per heavy atom. The van der Waals surface area contributed by atoms with Gasteiger partial charge in [-0.15, -0.1) is 0 Å². The number of hydrogen-bond donors (Lipinski definition) is 0. The fourth-order valence-electron chi connectivity index (χ4n) is 2.13. The number of halogens is 1. The Labute approximate surface area is 112 Å². The van der Waals surface area contributed by atoms with Crippen molar-refractivity contribution in [2.75, 3.05) is 0 Å². The van der Waals surface area contributed by atoms with Crippen molar-refractivity contribution in [3.05, 3.63) is 51.8 Å². The van der Waals surface area contributed by atoms with Crippen LogP contribution in [0.4, 0.5) is 0 Å². The summed E-state index contributed by atoms with van der Waals surface area (Å²) in [5.74, 6) is 0.586. The van der Waals surface area contributed by atoms with Crippen LogP contribution in [0.1, 0.15) is 36.7 Å². The lowest BCUT2D eigenvalue weighted by Crippen LogP contribution is -1.99. The maximum absolute atomic E-state index is 3.58. The van der Waals surface area contributed by atoms with Crippen molar-refractivity contribution >= 4 is 15.9 Å². The van der Waals surface area contributed by atoms with Gasteiger partial charge in [-0.05, 0) is 59.5 Å². The summed E-state index contributed by atoms with van der Waals surface area (Å²) >= 11 is 3.58. The van der Waals surface area contributed by atoms with Crippen LogP contribution in [0.2, 0.25) is 0 Å². The average molecular weight is 292 g/mol. The van der Waals surface area contributed by atoms with Gasteiger partial charge in [-0.2, -0.15) is 0 Å². The smallest absolute Gasteiger partial charge is 0.0455 e. The van der Waals surface area contributed by atoms with E-state index >= 15 is 0 Å². The third-order valence-electron chi connectivity index (χ3n) is 3.19. The number of nitrogens with zero attached hydrogens (tertiary/aromatic N) is 1. The second-order valence-electron chi connectivity index (χ2n) is 4.80. The van der Waals surface area contributed by atoms with E-state index in [4.69, 9.17) is 0 Å². The van der Waals surface area contributed by atoms with Crippen LogP contribution < -0.4 is 0 Å². The molecule has 0 amide bonds. The molecule has 0 bridgehead atoms. The highest BCUT2D eigenvalue weighted by Crippen LogP contribution is 2.25. The summed E-state index contributed by atoms with van der Waals surface area (Å²) in [6.45, 7) is 8.71. The summed E-state index contributed by atoms with van der Waals surface area (Å²) in [5.41, 5.74) is 5.12. The van der Waals surface area contributed by atoms with Gasteiger partial charge in [0.25, 0.3) is 0 Å². The van der Waals surface area contributed by atoms with E-state index < -0.39 is 0 Å². The van der Waals surface area contributed by atoms with Gasteiger partial charge < -0.3 is 4.57 Å². The number of aromatic nitrogens is 1. The Hall–Kier alpha value is -1.02. The zero-order valence-electron chi connectivity index (χ0n) is 10.8. The molecule has 0 radical (unpaired) electrons. The van der Waals surface area contributed by atoms with Gasteiger partial charge in [0, 0.05) is 21.5 Å². The van der Waals surface area contributed by atoms with E-state index in [1.807, 2.05) is 0 Å². The Balaban J connectivity index is 2.47. The van der Waals surface area contributed by atoms with Crippen LogP contribution in [0.15, 0.2) is 34.8 Å². The van der Waals surface area contributed by atoms with Gasteiger partial charge in [0.15, 0.2) is 0 Å². The normalized spacial score (nSPS) is 11.2. The van der Waals surface area contributed by atoms with Gasteiger partial charge in [0.05, 0.1) is 0 Å². The fraction of sp³-hybridized carbons (Fsp3) is 0.333. The first kappa shape index (κ1) is 12.4. The molecule has 0 N–H and O–H groups in total. The van der Waals surface area contributed by atoms with Crippen molar-refractivity contribution < 1.29 is 0 Å². The molecule has 1 nitrogen and oxygen atoms in total. The van der Waals surface area contributed by atoms with Gasteiger partial charge in [0.2, 0.25) is 0 Å². The molecule has 1 aromatic carbocycles. The van der Waals surface area contributed by atoms with E-state index in [-0.39, 0.29) is 0 Å². The molecular formula is C15H18BrN. The van der Waals surface area contributed by atoms with Crippen molar-refractivity contribution in [2.24, 2.45) is 0 Å². The van der Waals surface area contributed by atoms with E-state index in [1.165, 1.54) is 27.1 Å². The standard InChI is InChI=1S/C15H18BrN/c1-10(2)13-5-7-14(8-6-13)17-11(3)9-15(16)12(17)4/h5-10H,1-4H3. The van der Waals surface area contributed by atoms with Crippen LogP contribution in [0.3, 0.4) is 0 Å². The van der Waals surface area contributed by atoms with Crippen LogP contribution in [0, 0.1) is 13.8 Å². The molecule has 1 aromatic heterocycles. The largest absolute Gasteiger partial charge is 0.317 e. The Morgan fingerprint density at radius 3 is 2.06 bits per heavy atom. The number of hydrogen-bond acceptors (Lipinski definition) is 0. The van der Waals surface area contributed by atoms with Gasteiger partial charge in [-0.25, -0.2) is 0 Å². The number of rotatable bonds is 2. The van der Waals surface area contributed by atoms with E-state index in [0.29, 0.717) is 5.92 Å². The maximum atomic E-state index is 3.58. The van der Waals surface area contributed by atoms with Crippen molar-refractivity contribution in [1.82, 2.24) is 4.57 Å². The van der Waals surface area contributed by atoms with Gasteiger partial charge in [-0.1, -0.05) is 26.0 Å². The van der Waals surface area contributed by atoms with Crippen molar-refractivity contribution in [3.63, 3.8) is 0 Å². The summed E-state index contributed by atoms with van der Waals surface area (Å²) in [5, 5.41) is 0. The topological polar surface area (TPSA) is 4.93 Å². The monoisotopic (exact) mass is 291 g/mol. The first-order valence-corrected chi connectivity index (χ1v) is 6.74. The minimum atomic E-state index is 0.586. The highest BCUT2D eigenvalue weighted by atomic mass is 79.9. The van der Waals surface area contributed by atoms with E-state index in [1.54, 1.807) is 0 Å². The second kappa shape index (κ2) is 4.69. The maximum Gasteiger partial charge on any atom is 0.0455 e. The Bertz CT molecular complexity index is 521. The third kappa shape index (κ3) is 2.32. The predicted octanol–water partition coefficient (Wildman–Crippen LogP) is 4.98. The number of aryl methyl sites for hydroxylation is 1. The molecule has 90 valence electrons. The zero-order chi connectivity index (χ0) is 12.6. The molecule has 2 aromatic rings. The summed E-state index contributed by atoms with van der Waals surface area (Å²) < 4.78 is 3.44. The molecule has 1 heterocycles. The molecular weight excluding hydrogens is 274 g/mol. The van der Waals surface area contributed by atoms with E-state index in [2.05, 4.69) is 78.5 Å². The molecule has 2 heteroatoms. The lowest BCUT2D eigenvalue weighted by atomic mass is 10.0. The van der Waals surface area contributed by atoms with Crippen LogP contribution >= 0.6 is 15.9 Å². The lowest BCUT2D eigenvalue weighted by molar-refractivity contribution is 0.863. The van der Waals surface area contributed by atoms with Crippen molar-refractivity contribution in [3.8, 4) is 5.69 Å². The minimum absolute atomic E-state index is 0.586. The average Bonchev–Trinajstić information content (AvgIpc) is 2.53. The summed E-state index contributed by atoms with van der Waals surface area (Å²) in [7, 11) is 0. The van der Waals surface area contributed by atoms with Crippen LogP contribution in [-0.2, 0) is 0 Å². The summed E-state index contributed by atoms with van der Waals surface area (Å²) in [6.07, 6.45) is 0. The quantitative estimate of drug-likeness (QED) is 0.735. The molecule has 2 rings (SSSR count).